The van der Waals surface area contributed by atoms with Gasteiger partial charge in [-0.05, 0) is 73.6 Å². The predicted octanol–water partition coefficient (Wildman–Crippen LogP) is 5.71. The van der Waals surface area contributed by atoms with Gasteiger partial charge < -0.3 is 4.42 Å². The number of non-ortho nitro benzene ring substituents is 1. The lowest BCUT2D eigenvalue weighted by molar-refractivity contribution is -0.384. The lowest BCUT2D eigenvalue weighted by Crippen LogP contribution is -2.35. The van der Waals surface area contributed by atoms with Crippen LogP contribution in [0.2, 0.25) is 0 Å². The van der Waals surface area contributed by atoms with E-state index in [1.807, 2.05) is 27.7 Å². The Labute approximate surface area is 181 Å². The van der Waals surface area contributed by atoms with Gasteiger partial charge in [0.2, 0.25) is 0 Å². The summed E-state index contributed by atoms with van der Waals surface area (Å²) < 4.78 is 6.43. The van der Waals surface area contributed by atoms with Gasteiger partial charge >= 0.3 is 0 Å². The van der Waals surface area contributed by atoms with Crippen LogP contribution in [0.15, 0.2) is 49.1 Å². The minimum absolute atomic E-state index is 0.00151. The van der Waals surface area contributed by atoms with Crippen molar-refractivity contribution < 1.29 is 14.1 Å². The standard InChI is InChI=1S/C20H20BrN3O4S/c1-11(2)22-20-23(12(3)4)19(25)18(29-20)10-14-6-8-17(28-14)15-7-5-13(24(26)27)9-16(15)21/h5-12H,1-4H3/b18-10-,22-20?. The van der Waals surface area contributed by atoms with E-state index < -0.39 is 4.92 Å². The summed E-state index contributed by atoms with van der Waals surface area (Å²) in [7, 11) is 0. The van der Waals surface area contributed by atoms with Gasteiger partial charge in [0, 0.05) is 40.3 Å². The Hall–Kier alpha value is -2.39. The number of halogens is 1. The van der Waals surface area contributed by atoms with Crippen molar-refractivity contribution in [1.82, 2.24) is 4.90 Å². The van der Waals surface area contributed by atoms with E-state index in [0.717, 1.165) is 0 Å². The van der Waals surface area contributed by atoms with Crippen molar-refractivity contribution in [1.29, 1.82) is 0 Å². The number of nitro benzene ring substituents is 1. The molecule has 1 aromatic heterocycles. The highest BCUT2D eigenvalue weighted by Crippen LogP contribution is 2.36. The van der Waals surface area contributed by atoms with E-state index in [0.29, 0.717) is 31.6 Å². The Balaban J connectivity index is 1.90. The van der Waals surface area contributed by atoms with Crippen molar-refractivity contribution >= 4 is 50.5 Å². The molecule has 1 aliphatic heterocycles. The molecular weight excluding hydrogens is 458 g/mol. The van der Waals surface area contributed by atoms with Gasteiger partial charge in [0.25, 0.3) is 11.6 Å². The maximum atomic E-state index is 12.8. The molecule has 0 spiro atoms. The van der Waals surface area contributed by atoms with Crippen molar-refractivity contribution in [2.45, 2.75) is 39.8 Å². The van der Waals surface area contributed by atoms with Crippen LogP contribution >= 0.6 is 27.7 Å². The maximum Gasteiger partial charge on any atom is 0.270 e. The number of rotatable bonds is 5. The van der Waals surface area contributed by atoms with Crippen molar-refractivity contribution in [3.8, 4) is 11.3 Å². The predicted molar refractivity (Wildman–Crippen MR) is 119 cm³/mol. The van der Waals surface area contributed by atoms with Gasteiger partial charge in [0.15, 0.2) is 5.17 Å². The van der Waals surface area contributed by atoms with Crippen molar-refractivity contribution in [2.24, 2.45) is 4.99 Å². The lowest BCUT2D eigenvalue weighted by Gasteiger charge is -2.20. The first-order chi connectivity index (χ1) is 13.7. The number of carbonyl (C=O) groups is 1. The molecule has 2 aromatic rings. The number of furan rings is 1. The van der Waals surface area contributed by atoms with Crippen LogP contribution in [0.25, 0.3) is 17.4 Å². The molecule has 3 rings (SSSR count). The first-order valence-corrected chi connectivity index (χ1v) is 10.6. The summed E-state index contributed by atoms with van der Waals surface area (Å²) in [5.74, 6) is 0.973. The number of nitro groups is 1. The number of carbonyl (C=O) groups excluding carboxylic acids is 1. The highest BCUT2D eigenvalue weighted by Gasteiger charge is 2.35. The molecule has 9 heteroatoms. The van der Waals surface area contributed by atoms with Crippen LogP contribution in [0, 0.1) is 10.1 Å². The quantitative estimate of drug-likeness (QED) is 0.312. The zero-order valence-corrected chi connectivity index (χ0v) is 18.8. The number of hydrogen-bond acceptors (Lipinski definition) is 6. The molecule has 0 unspecified atom stereocenters. The third-order valence-electron chi connectivity index (χ3n) is 4.05. The molecule has 2 heterocycles. The van der Waals surface area contributed by atoms with E-state index in [1.54, 1.807) is 29.2 Å². The molecule has 0 aliphatic carbocycles. The minimum atomic E-state index is -0.452. The van der Waals surface area contributed by atoms with E-state index >= 15 is 0 Å². The van der Waals surface area contributed by atoms with Crippen molar-refractivity contribution in [2.75, 3.05) is 0 Å². The Kier molecular flexibility index (Phi) is 6.28. The molecule has 1 amide bonds. The number of amidine groups is 1. The summed E-state index contributed by atoms with van der Waals surface area (Å²) in [5, 5.41) is 11.6. The Morgan fingerprint density at radius 3 is 2.55 bits per heavy atom. The second-order valence-corrected chi connectivity index (χ2v) is 8.87. The summed E-state index contributed by atoms with van der Waals surface area (Å²) in [6, 6.07) is 8.10. The fourth-order valence-electron chi connectivity index (χ4n) is 2.77. The van der Waals surface area contributed by atoms with Crippen LogP contribution < -0.4 is 0 Å². The summed E-state index contributed by atoms with van der Waals surface area (Å²) in [4.78, 5) is 30.1. The molecule has 0 bridgehead atoms. The molecule has 1 saturated heterocycles. The molecular formula is C20H20BrN3O4S. The van der Waals surface area contributed by atoms with Crippen LogP contribution in [0.4, 0.5) is 5.69 Å². The number of amides is 1. The smallest absolute Gasteiger partial charge is 0.270 e. The summed E-state index contributed by atoms with van der Waals surface area (Å²) >= 11 is 4.69. The Bertz CT molecular complexity index is 1030. The second kappa shape index (κ2) is 8.54. The number of aliphatic imine (C=N–C) groups is 1. The zero-order chi connectivity index (χ0) is 21.3. The number of benzene rings is 1. The molecule has 0 saturated carbocycles. The number of thioether (sulfide) groups is 1. The minimum Gasteiger partial charge on any atom is -0.457 e. The van der Waals surface area contributed by atoms with Crippen LogP contribution in [-0.4, -0.2) is 33.0 Å². The first-order valence-electron chi connectivity index (χ1n) is 9.02. The Morgan fingerprint density at radius 2 is 1.97 bits per heavy atom. The fraction of sp³-hybridized carbons (Fsp3) is 0.300. The van der Waals surface area contributed by atoms with Gasteiger partial charge in [0.1, 0.15) is 11.5 Å². The van der Waals surface area contributed by atoms with E-state index in [1.165, 1.54) is 23.9 Å². The zero-order valence-electron chi connectivity index (χ0n) is 16.4. The number of nitrogens with zero attached hydrogens (tertiary/aromatic N) is 3. The van der Waals surface area contributed by atoms with E-state index in [2.05, 4.69) is 20.9 Å². The van der Waals surface area contributed by atoms with Crippen molar-refractivity contribution in [3.05, 3.63) is 55.6 Å². The maximum absolute atomic E-state index is 12.8. The van der Waals surface area contributed by atoms with Gasteiger partial charge in [0.05, 0.1) is 9.83 Å². The molecule has 1 aromatic carbocycles. The van der Waals surface area contributed by atoms with Crippen LogP contribution in [0.5, 0.6) is 0 Å². The van der Waals surface area contributed by atoms with Crippen LogP contribution in [-0.2, 0) is 4.79 Å². The lowest BCUT2D eigenvalue weighted by atomic mass is 10.1. The van der Waals surface area contributed by atoms with Crippen LogP contribution in [0.3, 0.4) is 0 Å². The Morgan fingerprint density at radius 1 is 1.24 bits per heavy atom. The summed E-state index contributed by atoms with van der Waals surface area (Å²) in [6.07, 6.45) is 1.70. The average Bonchev–Trinajstić information content (AvgIpc) is 3.19. The van der Waals surface area contributed by atoms with E-state index in [4.69, 9.17) is 4.42 Å². The van der Waals surface area contributed by atoms with Gasteiger partial charge in [-0.15, -0.1) is 0 Å². The van der Waals surface area contributed by atoms with Gasteiger partial charge in [-0.1, -0.05) is 0 Å². The largest absolute Gasteiger partial charge is 0.457 e. The monoisotopic (exact) mass is 477 g/mol. The normalized spacial score (nSPS) is 17.3. The number of hydrogen-bond donors (Lipinski definition) is 0. The average molecular weight is 478 g/mol. The van der Waals surface area contributed by atoms with Gasteiger partial charge in [-0.25, -0.2) is 0 Å². The molecule has 1 aliphatic rings. The molecule has 0 N–H and O–H groups in total. The first kappa shape index (κ1) is 21.3. The fourth-order valence-corrected chi connectivity index (χ4v) is 4.55. The molecule has 152 valence electrons. The van der Waals surface area contributed by atoms with Crippen LogP contribution in [0.1, 0.15) is 33.5 Å². The molecule has 29 heavy (non-hydrogen) atoms. The van der Waals surface area contributed by atoms with Crippen molar-refractivity contribution in [3.63, 3.8) is 0 Å². The third-order valence-corrected chi connectivity index (χ3v) is 5.70. The van der Waals surface area contributed by atoms with E-state index in [-0.39, 0.29) is 23.7 Å². The molecule has 7 nitrogen and oxygen atoms in total. The van der Waals surface area contributed by atoms with E-state index in [9.17, 15) is 14.9 Å². The van der Waals surface area contributed by atoms with Gasteiger partial charge in [-0.3, -0.25) is 24.8 Å². The summed E-state index contributed by atoms with van der Waals surface area (Å²) in [6.45, 7) is 7.85. The molecule has 0 atom stereocenters. The SMILES string of the molecule is CC(C)N=C1S/C(=C\c2ccc(-c3ccc([N+](=O)[O-])cc3Br)o2)C(=O)N1C(C)C. The molecule has 1 fully saturated rings. The molecule has 0 radical (unpaired) electrons. The van der Waals surface area contributed by atoms with Gasteiger partial charge in [-0.2, -0.15) is 0 Å². The summed E-state index contributed by atoms with van der Waals surface area (Å²) in [5.41, 5.74) is 0.685. The topological polar surface area (TPSA) is 89.0 Å². The third kappa shape index (κ3) is 4.62. The second-order valence-electron chi connectivity index (χ2n) is 7.01. The highest BCUT2D eigenvalue weighted by molar-refractivity contribution is 9.10. The highest BCUT2D eigenvalue weighted by atomic mass is 79.9.